The quantitative estimate of drug-likeness (QED) is 0.346. The van der Waals surface area contributed by atoms with Crippen LogP contribution in [0.5, 0.6) is 5.75 Å². The van der Waals surface area contributed by atoms with Crippen LogP contribution >= 0.6 is 0 Å². The average Bonchev–Trinajstić information content (AvgIpc) is 2.93. The van der Waals surface area contributed by atoms with Crippen LogP contribution in [0.2, 0.25) is 0 Å². The summed E-state index contributed by atoms with van der Waals surface area (Å²) in [5.41, 5.74) is 4.98. The molecule has 0 saturated carbocycles. The molecule has 0 spiro atoms. The van der Waals surface area contributed by atoms with Gasteiger partial charge in [0.1, 0.15) is 5.75 Å². The monoisotopic (exact) mass is 586 g/mol. The van der Waals surface area contributed by atoms with Crippen LogP contribution < -0.4 is 20.3 Å². The molecule has 228 valence electrons. The Morgan fingerprint density at radius 1 is 1.12 bits per heavy atom. The number of allylic oxidation sites excluding steroid dienone is 2. The zero-order valence-electron chi connectivity index (χ0n) is 26.1. The van der Waals surface area contributed by atoms with Crippen LogP contribution in [0, 0.1) is 26.2 Å². The fraction of sp³-hybridized carbons (Fsp3) is 0.412. The van der Waals surface area contributed by atoms with Gasteiger partial charge in [-0.1, -0.05) is 38.5 Å². The fourth-order valence-corrected chi connectivity index (χ4v) is 5.58. The first-order valence-corrected chi connectivity index (χ1v) is 14.8. The average molecular weight is 587 g/mol. The van der Waals surface area contributed by atoms with E-state index in [1.165, 1.54) is 6.08 Å². The van der Waals surface area contributed by atoms with E-state index in [0.29, 0.717) is 41.4 Å². The number of carbonyl (C=O) groups is 3. The van der Waals surface area contributed by atoms with Gasteiger partial charge >= 0.3 is 0 Å². The normalized spacial score (nSPS) is 17.7. The predicted octanol–water partition coefficient (Wildman–Crippen LogP) is 4.74. The number of nitrogens with one attached hydrogen (secondary N) is 2. The minimum Gasteiger partial charge on any atom is -0.480 e. The molecule has 1 unspecified atom stereocenters. The van der Waals surface area contributed by atoms with Crippen molar-refractivity contribution in [3.05, 3.63) is 76.1 Å². The molecule has 0 radical (unpaired) electrons. The number of amides is 2. The second kappa shape index (κ2) is 13.0. The molecule has 9 nitrogen and oxygen atoms in total. The zero-order valence-corrected chi connectivity index (χ0v) is 26.1. The molecule has 3 N–H and O–H groups in total. The van der Waals surface area contributed by atoms with Crippen LogP contribution in [-0.4, -0.2) is 54.2 Å². The van der Waals surface area contributed by atoms with Crippen molar-refractivity contribution in [3.8, 4) is 5.75 Å². The number of Topliss-reactive ketones (excluding diaryl/α,β-unsaturated/α-hetero) is 1. The summed E-state index contributed by atoms with van der Waals surface area (Å²) in [5.74, 6) is -0.386. The second-order valence-electron chi connectivity index (χ2n) is 11.8. The molecule has 0 saturated heterocycles. The molecule has 2 aromatic carbocycles. The van der Waals surface area contributed by atoms with Crippen LogP contribution in [0.4, 0.5) is 11.4 Å². The number of aliphatic hydroxyl groups excluding tert-OH is 1. The van der Waals surface area contributed by atoms with Gasteiger partial charge in [-0.15, -0.1) is 0 Å². The molecular formula is C34H42N4O5. The maximum atomic E-state index is 13.8. The van der Waals surface area contributed by atoms with Gasteiger partial charge in [0.05, 0.1) is 29.4 Å². The molecule has 2 amide bonds. The third kappa shape index (κ3) is 6.88. The number of hydrogen-bond donors (Lipinski definition) is 3. The summed E-state index contributed by atoms with van der Waals surface area (Å²) in [7, 11) is 0. The lowest BCUT2D eigenvalue weighted by molar-refractivity contribution is -0.129. The first kappa shape index (κ1) is 31.7. The molecule has 9 heteroatoms. The fourth-order valence-electron chi connectivity index (χ4n) is 5.58. The van der Waals surface area contributed by atoms with E-state index in [-0.39, 0.29) is 30.4 Å². The topological polar surface area (TPSA) is 120 Å². The molecule has 1 atom stereocenters. The number of likely N-dealkylation sites (N-methyl/N-ethyl adjacent to an activating group) is 1. The van der Waals surface area contributed by atoms with E-state index in [1.807, 2.05) is 84.9 Å². The maximum absolute atomic E-state index is 13.8. The van der Waals surface area contributed by atoms with E-state index in [1.54, 1.807) is 0 Å². The summed E-state index contributed by atoms with van der Waals surface area (Å²) in [6, 6.07) is 11.6. The molecule has 0 aromatic heterocycles. The number of aliphatic imine (C=N–C) groups is 1. The molecule has 4 rings (SSSR count). The van der Waals surface area contributed by atoms with Gasteiger partial charge in [-0.3, -0.25) is 14.4 Å². The van der Waals surface area contributed by atoms with Crippen LogP contribution in [0.1, 0.15) is 57.2 Å². The lowest BCUT2D eigenvalue weighted by atomic mass is 9.72. The van der Waals surface area contributed by atoms with Crippen molar-refractivity contribution in [2.75, 3.05) is 24.6 Å². The van der Waals surface area contributed by atoms with Gasteiger partial charge in [0.2, 0.25) is 11.7 Å². The Hall–Kier alpha value is -4.24. The van der Waals surface area contributed by atoms with Crippen molar-refractivity contribution in [1.82, 2.24) is 10.6 Å². The number of benzene rings is 2. The molecule has 2 aromatic rings. The molecule has 43 heavy (non-hydrogen) atoms. The maximum Gasteiger partial charge on any atom is 0.265 e. The summed E-state index contributed by atoms with van der Waals surface area (Å²) in [5, 5.41) is 15.1. The third-order valence-corrected chi connectivity index (χ3v) is 7.86. The molecule has 1 heterocycles. The lowest BCUT2D eigenvalue weighted by Crippen LogP contribution is -2.47. The van der Waals surface area contributed by atoms with Crippen LogP contribution in [0.3, 0.4) is 0 Å². The van der Waals surface area contributed by atoms with Crippen molar-refractivity contribution >= 4 is 34.7 Å². The van der Waals surface area contributed by atoms with E-state index >= 15 is 0 Å². The predicted molar refractivity (Wildman–Crippen MR) is 169 cm³/mol. The summed E-state index contributed by atoms with van der Waals surface area (Å²) in [6.07, 6.45) is 1.24. The number of rotatable bonds is 10. The Labute approximate surface area is 253 Å². The van der Waals surface area contributed by atoms with Crippen molar-refractivity contribution < 1.29 is 24.2 Å². The standard InChI is InChI=1S/C34H42N4O5/c1-8-27(43-28-13-10-20(3)16-22(28)5)33(42)36-26-18-25(31-30(32(26)41)34(6,7)19-29(40)37-31)35-24-12-11-23(17-21(24)4)38(9-2)14-15-39/h10-13,16-18,27,39H,8-9,14-15,19H2,1-7H3,(H,36,42)(H,37,40). The number of anilines is 1. The van der Waals surface area contributed by atoms with Crippen LogP contribution in [0.25, 0.3) is 0 Å². The van der Waals surface area contributed by atoms with Gasteiger partial charge in [-0.2, -0.15) is 0 Å². The van der Waals surface area contributed by atoms with Crippen LogP contribution in [0.15, 0.2) is 64.4 Å². The smallest absolute Gasteiger partial charge is 0.265 e. The number of ether oxygens (including phenoxy) is 1. The molecule has 1 aliphatic carbocycles. The second-order valence-corrected chi connectivity index (χ2v) is 11.8. The van der Waals surface area contributed by atoms with Gasteiger partial charge in [0, 0.05) is 36.2 Å². The van der Waals surface area contributed by atoms with Gasteiger partial charge in [0.15, 0.2) is 6.10 Å². The summed E-state index contributed by atoms with van der Waals surface area (Å²) in [6.45, 7) is 14.7. The number of carbonyl (C=O) groups excluding carboxylic acids is 3. The number of nitrogens with zero attached hydrogens (tertiary/aromatic N) is 2. The Morgan fingerprint density at radius 2 is 1.86 bits per heavy atom. The van der Waals surface area contributed by atoms with Crippen molar-refractivity contribution in [1.29, 1.82) is 0 Å². The highest BCUT2D eigenvalue weighted by atomic mass is 16.5. The molecule has 1 aliphatic heterocycles. The minimum absolute atomic E-state index is 0.0469. The van der Waals surface area contributed by atoms with Gasteiger partial charge in [0.25, 0.3) is 5.91 Å². The Bertz CT molecular complexity index is 1540. The van der Waals surface area contributed by atoms with Crippen molar-refractivity contribution in [2.24, 2.45) is 10.4 Å². The summed E-state index contributed by atoms with van der Waals surface area (Å²) in [4.78, 5) is 46.9. The highest BCUT2D eigenvalue weighted by molar-refractivity contribution is 6.27. The zero-order chi connectivity index (χ0) is 31.5. The SMILES string of the molecule is CCC(Oc1ccc(C)cc1C)C(=O)NC1=CC(=Nc2ccc(N(CC)CCO)cc2C)C2=C(C1=O)C(C)(C)CC(=O)N2. The van der Waals surface area contributed by atoms with Crippen molar-refractivity contribution in [2.45, 2.75) is 67.4 Å². The third-order valence-electron chi connectivity index (χ3n) is 7.86. The molecule has 2 aliphatic rings. The highest BCUT2D eigenvalue weighted by Gasteiger charge is 2.43. The van der Waals surface area contributed by atoms with E-state index in [4.69, 9.17) is 9.73 Å². The lowest BCUT2D eigenvalue weighted by Gasteiger charge is -2.36. The van der Waals surface area contributed by atoms with Gasteiger partial charge in [-0.25, -0.2) is 4.99 Å². The van der Waals surface area contributed by atoms with Gasteiger partial charge in [-0.05, 0) is 75.6 Å². The van der Waals surface area contributed by atoms with E-state index in [0.717, 1.165) is 28.9 Å². The van der Waals surface area contributed by atoms with Gasteiger partial charge < -0.3 is 25.4 Å². The summed E-state index contributed by atoms with van der Waals surface area (Å²) < 4.78 is 6.08. The van der Waals surface area contributed by atoms with E-state index in [9.17, 15) is 19.5 Å². The first-order valence-electron chi connectivity index (χ1n) is 14.8. The van der Waals surface area contributed by atoms with E-state index in [2.05, 4.69) is 15.5 Å². The number of hydrogen-bond acceptors (Lipinski definition) is 7. The Morgan fingerprint density at radius 3 is 2.49 bits per heavy atom. The number of aliphatic hydroxyl groups is 1. The molecular weight excluding hydrogens is 544 g/mol. The Balaban J connectivity index is 1.72. The molecule has 0 bridgehead atoms. The van der Waals surface area contributed by atoms with Crippen LogP contribution in [-0.2, 0) is 14.4 Å². The first-order chi connectivity index (χ1) is 20.4. The van der Waals surface area contributed by atoms with E-state index < -0.39 is 17.4 Å². The minimum atomic E-state index is -0.819. The highest BCUT2D eigenvalue weighted by Crippen LogP contribution is 2.40. The largest absolute Gasteiger partial charge is 0.480 e. The van der Waals surface area contributed by atoms with Crippen molar-refractivity contribution in [3.63, 3.8) is 0 Å². The number of ketones is 1. The molecule has 0 fully saturated rings. The number of aryl methyl sites for hydroxylation is 3. The Kier molecular flexibility index (Phi) is 9.55. The summed E-state index contributed by atoms with van der Waals surface area (Å²) >= 11 is 0.